The average molecular weight is 400 g/mol. The van der Waals surface area contributed by atoms with Crippen LogP contribution in [0.5, 0.6) is 0 Å². The van der Waals surface area contributed by atoms with Crippen molar-refractivity contribution < 1.29 is 19.4 Å². The number of carbonyl (C=O) groups excluding carboxylic acids is 1. The summed E-state index contributed by atoms with van der Waals surface area (Å²) in [5.74, 6) is -3.33. The molecular formula is C26H24O4. The number of carboxylic acid groups (broad SMARTS) is 1. The minimum absolute atomic E-state index is 0.355. The summed E-state index contributed by atoms with van der Waals surface area (Å²) in [6, 6.07) is 28.4. The van der Waals surface area contributed by atoms with E-state index in [1.807, 2.05) is 97.9 Å². The highest BCUT2D eigenvalue weighted by atomic mass is 16.5. The molecule has 0 aromatic heterocycles. The maximum Gasteiger partial charge on any atom is 0.310 e. The predicted octanol–water partition coefficient (Wildman–Crippen LogP) is 5.19. The topological polar surface area (TPSA) is 63.6 Å². The number of carboxylic acids is 1. The van der Waals surface area contributed by atoms with E-state index in [0.717, 1.165) is 16.7 Å². The maximum atomic E-state index is 13.3. The zero-order chi connectivity index (χ0) is 21.1. The van der Waals surface area contributed by atoms with Crippen LogP contribution in [-0.4, -0.2) is 17.0 Å². The Hall–Kier alpha value is -3.40. The Kier molecular flexibility index (Phi) is 5.66. The fourth-order valence-corrected chi connectivity index (χ4v) is 4.57. The molecule has 1 saturated carbocycles. The molecule has 0 heterocycles. The molecule has 0 spiro atoms. The zero-order valence-corrected chi connectivity index (χ0v) is 16.7. The van der Waals surface area contributed by atoms with Gasteiger partial charge >= 0.3 is 11.9 Å². The summed E-state index contributed by atoms with van der Waals surface area (Å²) < 4.78 is 5.84. The van der Waals surface area contributed by atoms with Crippen LogP contribution in [0.15, 0.2) is 91.0 Å². The van der Waals surface area contributed by atoms with Crippen molar-refractivity contribution in [3.63, 3.8) is 0 Å². The van der Waals surface area contributed by atoms with E-state index in [4.69, 9.17) is 4.74 Å². The van der Waals surface area contributed by atoms with Crippen LogP contribution in [0.25, 0.3) is 0 Å². The first kappa shape index (κ1) is 19.9. The normalized spacial score (nSPS) is 23.8. The summed E-state index contributed by atoms with van der Waals surface area (Å²) in [5.41, 5.74) is 2.62. The van der Waals surface area contributed by atoms with E-state index in [0.29, 0.717) is 0 Å². The molecule has 3 aromatic carbocycles. The molecule has 1 aliphatic rings. The van der Waals surface area contributed by atoms with Gasteiger partial charge in [-0.3, -0.25) is 9.59 Å². The van der Waals surface area contributed by atoms with Crippen molar-refractivity contribution in [2.75, 3.05) is 0 Å². The second-order valence-electron chi connectivity index (χ2n) is 7.75. The summed E-state index contributed by atoms with van der Waals surface area (Å²) in [6.07, 6.45) is -0.407. The summed E-state index contributed by atoms with van der Waals surface area (Å²) in [6.45, 7) is 1.84. The van der Waals surface area contributed by atoms with Crippen molar-refractivity contribution in [2.45, 2.75) is 24.9 Å². The molecule has 0 aliphatic heterocycles. The molecule has 0 radical (unpaired) electrons. The van der Waals surface area contributed by atoms with Crippen LogP contribution in [0, 0.1) is 11.8 Å². The van der Waals surface area contributed by atoms with Crippen molar-refractivity contribution in [1.82, 2.24) is 0 Å². The number of esters is 1. The van der Waals surface area contributed by atoms with Crippen molar-refractivity contribution in [1.29, 1.82) is 0 Å². The molecule has 1 fully saturated rings. The van der Waals surface area contributed by atoms with Crippen LogP contribution >= 0.6 is 0 Å². The Balaban J connectivity index is 1.68. The number of hydrogen-bond acceptors (Lipinski definition) is 3. The van der Waals surface area contributed by atoms with Crippen LogP contribution < -0.4 is 0 Å². The molecule has 4 rings (SSSR count). The quantitative estimate of drug-likeness (QED) is 0.579. The van der Waals surface area contributed by atoms with Gasteiger partial charge in [0.05, 0.1) is 11.8 Å². The first-order valence-corrected chi connectivity index (χ1v) is 10.2. The van der Waals surface area contributed by atoms with E-state index >= 15 is 0 Å². The van der Waals surface area contributed by atoms with Crippen molar-refractivity contribution in [2.24, 2.45) is 11.8 Å². The molecule has 30 heavy (non-hydrogen) atoms. The molecule has 152 valence electrons. The Bertz CT molecular complexity index is 953. The van der Waals surface area contributed by atoms with E-state index in [1.54, 1.807) is 0 Å². The number of benzene rings is 3. The SMILES string of the molecule is C[C@H](OC(=O)C1C(c2ccccc2)C(C(=O)O)[C@H]1c1ccccc1)c1ccccc1. The van der Waals surface area contributed by atoms with E-state index in [9.17, 15) is 14.7 Å². The Morgan fingerprint density at radius 1 is 0.733 bits per heavy atom. The second kappa shape index (κ2) is 8.54. The fourth-order valence-electron chi connectivity index (χ4n) is 4.57. The molecule has 0 saturated heterocycles. The monoisotopic (exact) mass is 400 g/mol. The van der Waals surface area contributed by atoms with Gasteiger partial charge in [-0.15, -0.1) is 0 Å². The van der Waals surface area contributed by atoms with Gasteiger partial charge in [-0.05, 0) is 23.6 Å². The lowest BCUT2D eigenvalue weighted by atomic mass is 9.52. The number of hydrogen-bond donors (Lipinski definition) is 1. The van der Waals surface area contributed by atoms with Gasteiger partial charge in [0, 0.05) is 11.8 Å². The van der Waals surface area contributed by atoms with E-state index in [-0.39, 0.29) is 5.97 Å². The third-order valence-electron chi connectivity index (χ3n) is 6.04. The van der Waals surface area contributed by atoms with Crippen molar-refractivity contribution >= 4 is 11.9 Å². The van der Waals surface area contributed by atoms with E-state index < -0.39 is 35.7 Å². The summed E-state index contributed by atoms with van der Waals surface area (Å²) in [4.78, 5) is 25.5. The van der Waals surface area contributed by atoms with Gasteiger partial charge in [0.25, 0.3) is 0 Å². The van der Waals surface area contributed by atoms with Crippen LogP contribution in [0.4, 0.5) is 0 Å². The van der Waals surface area contributed by atoms with Crippen LogP contribution in [0.1, 0.15) is 41.6 Å². The van der Waals surface area contributed by atoms with Crippen molar-refractivity contribution in [3.05, 3.63) is 108 Å². The van der Waals surface area contributed by atoms with Gasteiger partial charge < -0.3 is 9.84 Å². The summed E-state index contributed by atoms with van der Waals surface area (Å²) in [5, 5.41) is 10.0. The largest absolute Gasteiger partial charge is 0.481 e. The van der Waals surface area contributed by atoms with Gasteiger partial charge in [-0.2, -0.15) is 0 Å². The molecule has 5 atom stereocenters. The second-order valence-corrected chi connectivity index (χ2v) is 7.75. The fraction of sp³-hybridized carbons (Fsp3) is 0.231. The molecule has 4 nitrogen and oxygen atoms in total. The molecule has 1 aliphatic carbocycles. The first-order chi connectivity index (χ1) is 14.6. The first-order valence-electron chi connectivity index (χ1n) is 10.2. The third kappa shape index (κ3) is 3.73. The van der Waals surface area contributed by atoms with Gasteiger partial charge in [0.2, 0.25) is 0 Å². The van der Waals surface area contributed by atoms with Gasteiger partial charge in [0.15, 0.2) is 0 Å². The average Bonchev–Trinajstić information content (AvgIpc) is 2.75. The lowest BCUT2D eigenvalue weighted by Crippen LogP contribution is -2.51. The number of aliphatic carboxylic acids is 1. The van der Waals surface area contributed by atoms with E-state index in [1.165, 1.54) is 0 Å². The minimum Gasteiger partial charge on any atom is -0.481 e. The Labute approximate surface area is 176 Å². The van der Waals surface area contributed by atoms with Crippen LogP contribution in [-0.2, 0) is 14.3 Å². The predicted molar refractivity (Wildman–Crippen MR) is 114 cm³/mol. The molecule has 3 aromatic rings. The Morgan fingerprint density at radius 3 is 1.60 bits per heavy atom. The zero-order valence-electron chi connectivity index (χ0n) is 16.7. The standard InChI is InChI=1S/C26H24O4/c1-17(18-11-5-2-6-12-18)30-26(29)24-21(19-13-7-3-8-14-19)23(25(27)28)22(24)20-15-9-4-10-16-20/h2-17,21-24H,1H3,(H,27,28)/t17-,21+,22?,23?,24?/m0/s1. The lowest BCUT2D eigenvalue weighted by Gasteiger charge is -2.49. The molecule has 1 N–H and O–H groups in total. The van der Waals surface area contributed by atoms with Crippen molar-refractivity contribution in [3.8, 4) is 0 Å². The summed E-state index contributed by atoms with van der Waals surface area (Å²) >= 11 is 0. The number of rotatable bonds is 6. The van der Waals surface area contributed by atoms with E-state index in [2.05, 4.69) is 0 Å². The van der Waals surface area contributed by atoms with Gasteiger partial charge in [0.1, 0.15) is 6.10 Å². The van der Waals surface area contributed by atoms with Gasteiger partial charge in [-0.1, -0.05) is 91.0 Å². The van der Waals surface area contributed by atoms with Gasteiger partial charge in [-0.25, -0.2) is 0 Å². The van der Waals surface area contributed by atoms with Crippen LogP contribution in [0.2, 0.25) is 0 Å². The molecular weight excluding hydrogens is 376 g/mol. The summed E-state index contributed by atoms with van der Waals surface area (Å²) in [7, 11) is 0. The molecule has 4 heteroatoms. The number of carbonyl (C=O) groups is 2. The smallest absolute Gasteiger partial charge is 0.310 e. The lowest BCUT2D eigenvalue weighted by molar-refractivity contribution is -0.167. The Morgan fingerprint density at radius 2 is 1.17 bits per heavy atom. The minimum atomic E-state index is -0.891. The highest BCUT2D eigenvalue weighted by Gasteiger charge is 2.59. The highest BCUT2D eigenvalue weighted by Crippen LogP contribution is 2.58. The molecule has 0 bridgehead atoms. The van der Waals surface area contributed by atoms with Crippen LogP contribution in [0.3, 0.4) is 0 Å². The molecule has 3 unspecified atom stereocenters. The molecule has 0 amide bonds. The number of ether oxygens (including phenoxy) is 1. The highest BCUT2D eigenvalue weighted by molar-refractivity contribution is 5.84. The third-order valence-corrected chi connectivity index (χ3v) is 6.04. The maximum absolute atomic E-state index is 13.3.